The minimum absolute atomic E-state index is 0.130. The molecule has 0 radical (unpaired) electrons. The van der Waals surface area contributed by atoms with E-state index in [1.54, 1.807) is 36.4 Å². The van der Waals surface area contributed by atoms with E-state index >= 15 is 0 Å². The zero-order valence-corrected chi connectivity index (χ0v) is 21.7. The Morgan fingerprint density at radius 1 is 1.09 bits per heavy atom. The van der Waals surface area contributed by atoms with Crippen LogP contribution in [0.2, 0.25) is 15.1 Å². The van der Waals surface area contributed by atoms with Crippen LogP contribution in [-0.2, 0) is 11.4 Å². The normalized spacial score (nSPS) is 11.0. The predicted octanol–water partition coefficient (Wildman–Crippen LogP) is 7.93. The molecule has 0 atom stereocenters. The third kappa shape index (κ3) is 6.46. The summed E-state index contributed by atoms with van der Waals surface area (Å²) in [5, 5.41) is 13.3. The summed E-state index contributed by atoms with van der Waals surface area (Å²) in [4.78, 5) is 12.7. The first-order chi connectivity index (χ1) is 16.3. The van der Waals surface area contributed by atoms with E-state index in [1.807, 2.05) is 31.2 Å². The number of rotatable bonds is 8. The highest BCUT2D eigenvalue weighted by molar-refractivity contribution is 9.10. The molecule has 0 fully saturated rings. The molecule has 174 valence electrons. The summed E-state index contributed by atoms with van der Waals surface area (Å²) < 4.78 is 12.3. The Morgan fingerprint density at radius 3 is 2.53 bits per heavy atom. The fraction of sp³-hybridized carbons (Fsp3) is 0.120. The van der Waals surface area contributed by atoms with Crippen LogP contribution in [0.5, 0.6) is 11.5 Å². The summed E-state index contributed by atoms with van der Waals surface area (Å²) in [6, 6.07) is 17.5. The standard InChI is InChI=1S/C25H18BrCl3N2O3/c1-2-33-22-12-15(11-18(26)24(22)34-14-16-6-3-4-7-19(16)27)10-17(13-30)25(32)31-21-9-5-8-20(28)23(21)29/h3-12H,2,14H2,1H3,(H,31,32)/b17-10-. The molecule has 0 heterocycles. The van der Waals surface area contributed by atoms with Crippen molar-refractivity contribution < 1.29 is 14.3 Å². The van der Waals surface area contributed by atoms with Gasteiger partial charge in [0.2, 0.25) is 0 Å². The predicted molar refractivity (Wildman–Crippen MR) is 140 cm³/mol. The number of nitriles is 1. The van der Waals surface area contributed by atoms with Crippen LogP contribution in [0, 0.1) is 11.3 Å². The minimum atomic E-state index is -0.625. The Kier molecular flexibility index (Phi) is 9.26. The number of benzene rings is 3. The molecular formula is C25H18BrCl3N2O3. The first kappa shape index (κ1) is 25.9. The molecule has 5 nitrogen and oxygen atoms in total. The van der Waals surface area contributed by atoms with Gasteiger partial charge in [0, 0.05) is 10.6 Å². The zero-order valence-electron chi connectivity index (χ0n) is 17.9. The van der Waals surface area contributed by atoms with E-state index in [1.165, 1.54) is 6.08 Å². The lowest BCUT2D eigenvalue weighted by atomic mass is 10.1. The topological polar surface area (TPSA) is 71.3 Å². The SMILES string of the molecule is CCOc1cc(/C=C(/C#N)C(=O)Nc2cccc(Cl)c2Cl)cc(Br)c1OCc1ccccc1Cl. The van der Waals surface area contributed by atoms with Crippen LogP contribution in [0.25, 0.3) is 6.08 Å². The van der Waals surface area contributed by atoms with Gasteiger partial charge in [-0.3, -0.25) is 4.79 Å². The Labute approximate surface area is 221 Å². The summed E-state index contributed by atoms with van der Waals surface area (Å²) in [5.74, 6) is 0.304. The van der Waals surface area contributed by atoms with Crippen LogP contribution < -0.4 is 14.8 Å². The lowest BCUT2D eigenvalue weighted by Gasteiger charge is -2.15. The second-order valence-electron chi connectivity index (χ2n) is 6.87. The van der Waals surface area contributed by atoms with Crippen molar-refractivity contribution in [3.05, 3.63) is 90.8 Å². The highest BCUT2D eigenvalue weighted by Gasteiger charge is 2.16. The quantitative estimate of drug-likeness (QED) is 0.217. The Hall–Kier alpha value is -2.69. The molecule has 0 aliphatic rings. The summed E-state index contributed by atoms with van der Waals surface area (Å²) in [5.41, 5.74) is 1.56. The number of nitrogens with zero attached hydrogens (tertiary/aromatic N) is 1. The smallest absolute Gasteiger partial charge is 0.266 e. The van der Waals surface area contributed by atoms with Crippen molar-refractivity contribution in [1.82, 2.24) is 0 Å². The Balaban J connectivity index is 1.87. The van der Waals surface area contributed by atoms with Crippen molar-refractivity contribution in [2.45, 2.75) is 13.5 Å². The van der Waals surface area contributed by atoms with Crippen molar-refractivity contribution in [2.75, 3.05) is 11.9 Å². The van der Waals surface area contributed by atoms with Crippen LogP contribution >= 0.6 is 50.7 Å². The largest absolute Gasteiger partial charge is 0.490 e. The minimum Gasteiger partial charge on any atom is -0.490 e. The maximum Gasteiger partial charge on any atom is 0.266 e. The van der Waals surface area contributed by atoms with Crippen molar-refractivity contribution >= 4 is 68.4 Å². The second-order valence-corrected chi connectivity index (χ2v) is 8.92. The van der Waals surface area contributed by atoms with E-state index in [4.69, 9.17) is 44.3 Å². The molecule has 0 spiro atoms. The highest BCUT2D eigenvalue weighted by atomic mass is 79.9. The lowest BCUT2D eigenvalue weighted by Crippen LogP contribution is -2.13. The average Bonchev–Trinajstić information content (AvgIpc) is 2.81. The van der Waals surface area contributed by atoms with E-state index in [-0.39, 0.29) is 17.2 Å². The van der Waals surface area contributed by atoms with E-state index < -0.39 is 5.91 Å². The third-order valence-corrected chi connectivity index (χ3v) is 6.31. The molecule has 3 aromatic rings. The van der Waals surface area contributed by atoms with Gasteiger partial charge in [-0.05, 0) is 64.8 Å². The molecule has 3 aromatic carbocycles. The molecule has 0 aromatic heterocycles. The Morgan fingerprint density at radius 2 is 1.82 bits per heavy atom. The van der Waals surface area contributed by atoms with Crippen molar-refractivity contribution in [3.63, 3.8) is 0 Å². The maximum absolute atomic E-state index is 12.7. The van der Waals surface area contributed by atoms with Crippen LogP contribution in [0.4, 0.5) is 5.69 Å². The average molecular weight is 581 g/mol. The summed E-state index contributed by atoms with van der Waals surface area (Å²) in [6.45, 7) is 2.47. The van der Waals surface area contributed by atoms with Crippen LogP contribution in [-0.4, -0.2) is 12.5 Å². The molecule has 1 amide bonds. The number of ether oxygens (including phenoxy) is 2. The fourth-order valence-corrected chi connectivity index (χ4v) is 4.06. The van der Waals surface area contributed by atoms with Gasteiger partial charge in [0.05, 0.1) is 26.8 Å². The number of anilines is 1. The van der Waals surface area contributed by atoms with Crippen molar-refractivity contribution in [3.8, 4) is 17.6 Å². The van der Waals surface area contributed by atoms with E-state index in [2.05, 4.69) is 21.2 Å². The van der Waals surface area contributed by atoms with Gasteiger partial charge < -0.3 is 14.8 Å². The first-order valence-corrected chi connectivity index (χ1v) is 12.0. The van der Waals surface area contributed by atoms with Crippen molar-refractivity contribution in [1.29, 1.82) is 5.26 Å². The molecule has 34 heavy (non-hydrogen) atoms. The zero-order chi connectivity index (χ0) is 24.7. The molecule has 0 aliphatic heterocycles. The highest BCUT2D eigenvalue weighted by Crippen LogP contribution is 2.38. The molecule has 0 aliphatic carbocycles. The summed E-state index contributed by atoms with van der Waals surface area (Å²) in [7, 11) is 0. The summed E-state index contributed by atoms with van der Waals surface area (Å²) >= 11 is 21.8. The second kappa shape index (κ2) is 12.1. The monoisotopic (exact) mass is 578 g/mol. The number of carbonyl (C=O) groups is 1. The molecule has 0 saturated heterocycles. The van der Waals surface area contributed by atoms with Gasteiger partial charge >= 0.3 is 0 Å². The first-order valence-electron chi connectivity index (χ1n) is 10.0. The van der Waals surface area contributed by atoms with E-state index in [0.29, 0.717) is 43.9 Å². The van der Waals surface area contributed by atoms with Crippen LogP contribution in [0.1, 0.15) is 18.1 Å². The third-order valence-electron chi connectivity index (χ3n) is 4.54. The van der Waals surface area contributed by atoms with Gasteiger partial charge in [-0.25, -0.2) is 0 Å². The van der Waals surface area contributed by atoms with Gasteiger partial charge in [0.15, 0.2) is 11.5 Å². The number of amides is 1. The maximum atomic E-state index is 12.7. The number of carbonyl (C=O) groups excluding carboxylic acids is 1. The molecular weight excluding hydrogens is 563 g/mol. The Bertz CT molecular complexity index is 1290. The van der Waals surface area contributed by atoms with Crippen LogP contribution in [0.15, 0.2) is 64.6 Å². The van der Waals surface area contributed by atoms with Gasteiger partial charge in [0.25, 0.3) is 5.91 Å². The van der Waals surface area contributed by atoms with E-state index in [0.717, 1.165) is 5.56 Å². The fourth-order valence-electron chi connectivity index (χ4n) is 2.94. The number of nitrogens with one attached hydrogen (secondary N) is 1. The lowest BCUT2D eigenvalue weighted by molar-refractivity contribution is -0.112. The molecule has 1 N–H and O–H groups in total. The summed E-state index contributed by atoms with van der Waals surface area (Å²) in [6.07, 6.45) is 1.44. The van der Waals surface area contributed by atoms with Gasteiger partial charge in [-0.15, -0.1) is 0 Å². The number of hydrogen-bond acceptors (Lipinski definition) is 4. The van der Waals surface area contributed by atoms with Crippen LogP contribution in [0.3, 0.4) is 0 Å². The van der Waals surface area contributed by atoms with Gasteiger partial charge in [0.1, 0.15) is 18.2 Å². The number of hydrogen-bond donors (Lipinski definition) is 1. The molecule has 0 unspecified atom stereocenters. The number of halogens is 4. The molecule has 0 bridgehead atoms. The van der Waals surface area contributed by atoms with Crippen molar-refractivity contribution in [2.24, 2.45) is 0 Å². The molecule has 0 saturated carbocycles. The molecule has 9 heteroatoms. The van der Waals surface area contributed by atoms with E-state index in [9.17, 15) is 10.1 Å². The van der Waals surface area contributed by atoms with Gasteiger partial charge in [-0.2, -0.15) is 5.26 Å². The molecule has 3 rings (SSSR count). The van der Waals surface area contributed by atoms with Gasteiger partial charge in [-0.1, -0.05) is 59.1 Å².